The molecule has 0 radical (unpaired) electrons. The minimum absolute atomic E-state index is 0.0552. The number of hydrogen-bond donors (Lipinski definition) is 1. The Bertz CT molecular complexity index is 961. The monoisotopic (exact) mass is 437 g/mol. The molecule has 3 nitrogen and oxygen atoms in total. The maximum Gasteiger partial charge on any atom is 0.163 e. The van der Waals surface area contributed by atoms with Crippen molar-refractivity contribution in [2.24, 2.45) is 0 Å². The van der Waals surface area contributed by atoms with E-state index in [1.165, 1.54) is 31.4 Å². The molecule has 3 aromatic rings. The standard InChI is InChI=1S/C22H19Cl2F2NO2/c1-28-21-9-15(12-27-11-14-5-7-16(25)8-6-14)19(24)10-22(21)29-13-17-18(23)3-2-4-20(17)26/h2-10,27H,11-13H2,1H3. The number of benzene rings is 3. The summed E-state index contributed by atoms with van der Waals surface area (Å²) in [6.45, 7) is 0.981. The fraction of sp³-hybridized carbons (Fsp3) is 0.182. The van der Waals surface area contributed by atoms with Crippen LogP contribution in [0.2, 0.25) is 10.0 Å². The SMILES string of the molecule is COc1cc(CNCc2ccc(F)cc2)c(Cl)cc1OCc1c(F)cccc1Cl. The Morgan fingerprint density at radius 3 is 2.34 bits per heavy atom. The molecule has 0 aliphatic heterocycles. The summed E-state index contributed by atoms with van der Waals surface area (Å²) < 4.78 is 38.0. The summed E-state index contributed by atoms with van der Waals surface area (Å²) in [6.07, 6.45) is 0. The Balaban J connectivity index is 1.67. The van der Waals surface area contributed by atoms with Crippen LogP contribution in [-0.4, -0.2) is 7.11 Å². The van der Waals surface area contributed by atoms with Gasteiger partial charge in [-0.1, -0.05) is 41.4 Å². The zero-order valence-electron chi connectivity index (χ0n) is 15.6. The van der Waals surface area contributed by atoms with Gasteiger partial charge in [-0.3, -0.25) is 0 Å². The molecule has 7 heteroatoms. The second kappa shape index (κ2) is 9.92. The van der Waals surface area contributed by atoms with E-state index < -0.39 is 5.82 Å². The first-order chi connectivity index (χ1) is 14.0. The quantitative estimate of drug-likeness (QED) is 0.458. The molecule has 0 aromatic heterocycles. The summed E-state index contributed by atoms with van der Waals surface area (Å²) >= 11 is 12.4. The van der Waals surface area contributed by atoms with Crippen LogP contribution in [0.15, 0.2) is 54.6 Å². The Morgan fingerprint density at radius 1 is 0.897 bits per heavy atom. The molecule has 0 spiro atoms. The fourth-order valence-electron chi connectivity index (χ4n) is 2.75. The van der Waals surface area contributed by atoms with Crippen molar-refractivity contribution >= 4 is 23.2 Å². The zero-order valence-corrected chi connectivity index (χ0v) is 17.2. The first-order valence-electron chi connectivity index (χ1n) is 8.85. The van der Waals surface area contributed by atoms with Gasteiger partial charge < -0.3 is 14.8 Å². The van der Waals surface area contributed by atoms with Crippen LogP contribution in [0, 0.1) is 11.6 Å². The lowest BCUT2D eigenvalue weighted by molar-refractivity contribution is 0.279. The van der Waals surface area contributed by atoms with Gasteiger partial charge in [-0.15, -0.1) is 0 Å². The summed E-state index contributed by atoms with van der Waals surface area (Å²) in [7, 11) is 1.52. The molecule has 0 amide bonds. The summed E-state index contributed by atoms with van der Waals surface area (Å²) in [4.78, 5) is 0. The van der Waals surface area contributed by atoms with Crippen molar-refractivity contribution in [3.05, 3.63) is 93.0 Å². The number of hydrogen-bond acceptors (Lipinski definition) is 3. The van der Waals surface area contributed by atoms with E-state index in [4.69, 9.17) is 32.7 Å². The molecule has 0 heterocycles. The summed E-state index contributed by atoms with van der Waals surface area (Å²) in [5.41, 5.74) is 2.02. The molecule has 0 saturated carbocycles. The minimum Gasteiger partial charge on any atom is -0.493 e. The number of halogens is 4. The number of ether oxygens (including phenoxy) is 2. The molecule has 3 rings (SSSR count). The summed E-state index contributed by atoms with van der Waals surface area (Å²) in [6, 6.07) is 14.1. The molecule has 0 aliphatic rings. The maximum absolute atomic E-state index is 13.9. The van der Waals surface area contributed by atoms with Crippen LogP contribution in [0.25, 0.3) is 0 Å². The van der Waals surface area contributed by atoms with E-state index in [9.17, 15) is 8.78 Å². The lowest BCUT2D eigenvalue weighted by Gasteiger charge is -2.15. The molecule has 0 bridgehead atoms. The molecule has 0 fully saturated rings. The molecule has 29 heavy (non-hydrogen) atoms. The highest BCUT2D eigenvalue weighted by atomic mass is 35.5. The van der Waals surface area contributed by atoms with Gasteiger partial charge in [-0.05, 0) is 41.5 Å². The van der Waals surface area contributed by atoms with Gasteiger partial charge in [0.1, 0.15) is 18.2 Å². The first-order valence-corrected chi connectivity index (χ1v) is 9.60. The average molecular weight is 438 g/mol. The van der Waals surface area contributed by atoms with E-state index in [1.54, 1.807) is 30.3 Å². The average Bonchev–Trinajstić information content (AvgIpc) is 2.70. The Hall–Kier alpha value is -2.34. The number of nitrogens with one attached hydrogen (secondary N) is 1. The van der Waals surface area contributed by atoms with Gasteiger partial charge >= 0.3 is 0 Å². The lowest BCUT2D eigenvalue weighted by atomic mass is 10.1. The van der Waals surface area contributed by atoms with E-state index in [0.29, 0.717) is 29.6 Å². The van der Waals surface area contributed by atoms with Crippen molar-refractivity contribution in [3.63, 3.8) is 0 Å². The van der Waals surface area contributed by atoms with E-state index in [-0.39, 0.29) is 23.0 Å². The fourth-order valence-corrected chi connectivity index (χ4v) is 3.19. The molecule has 0 unspecified atom stereocenters. The molecule has 0 saturated heterocycles. The van der Waals surface area contributed by atoms with E-state index in [1.807, 2.05) is 0 Å². The van der Waals surface area contributed by atoms with Gasteiger partial charge in [-0.25, -0.2) is 8.78 Å². The van der Waals surface area contributed by atoms with Crippen LogP contribution in [-0.2, 0) is 19.7 Å². The normalized spacial score (nSPS) is 10.8. The molecule has 152 valence electrons. The predicted molar refractivity (Wildman–Crippen MR) is 111 cm³/mol. The van der Waals surface area contributed by atoms with Gasteiger partial charge in [0.2, 0.25) is 0 Å². The third-order valence-electron chi connectivity index (χ3n) is 4.32. The van der Waals surface area contributed by atoms with Gasteiger partial charge in [0.05, 0.1) is 12.1 Å². The van der Waals surface area contributed by atoms with E-state index in [2.05, 4.69) is 5.32 Å². The minimum atomic E-state index is -0.441. The van der Waals surface area contributed by atoms with Crippen LogP contribution in [0.5, 0.6) is 11.5 Å². The van der Waals surface area contributed by atoms with Gasteiger partial charge in [0, 0.05) is 29.7 Å². The van der Waals surface area contributed by atoms with Crippen LogP contribution in [0.1, 0.15) is 16.7 Å². The van der Waals surface area contributed by atoms with Crippen molar-refractivity contribution in [2.75, 3.05) is 7.11 Å². The third-order valence-corrected chi connectivity index (χ3v) is 5.03. The molecule has 1 N–H and O–H groups in total. The highest BCUT2D eigenvalue weighted by Crippen LogP contribution is 2.34. The van der Waals surface area contributed by atoms with Crippen LogP contribution >= 0.6 is 23.2 Å². The lowest BCUT2D eigenvalue weighted by Crippen LogP contribution is -2.13. The Kier molecular flexibility index (Phi) is 7.31. The smallest absolute Gasteiger partial charge is 0.163 e. The molecule has 0 atom stereocenters. The van der Waals surface area contributed by atoms with Gasteiger partial charge in [-0.2, -0.15) is 0 Å². The predicted octanol–water partition coefficient (Wildman–Crippen LogP) is 6.15. The third kappa shape index (κ3) is 5.60. The highest BCUT2D eigenvalue weighted by molar-refractivity contribution is 6.31. The molecular weight excluding hydrogens is 419 g/mol. The Morgan fingerprint density at radius 2 is 1.66 bits per heavy atom. The topological polar surface area (TPSA) is 30.5 Å². The Labute approximate surface area is 178 Å². The second-order valence-corrected chi connectivity index (χ2v) is 7.13. The van der Waals surface area contributed by atoms with E-state index >= 15 is 0 Å². The molecular formula is C22H19Cl2F2NO2. The highest BCUT2D eigenvalue weighted by Gasteiger charge is 2.13. The summed E-state index contributed by atoms with van der Waals surface area (Å²) in [5, 5.41) is 4.02. The largest absolute Gasteiger partial charge is 0.493 e. The van der Waals surface area contributed by atoms with Crippen LogP contribution in [0.4, 0.5) is 8.78 Å². The molecule has 3 aromatic carbocycles. The van der Waals surface area contributed by atoms with Gasteiger partial charge in [0.25, 0.3) is 0 Å². The first kappa shape index (κ1) is 21.4. The van der Waals surface area contributed by atoms with Crippen molar-refractivity contribution < 1.29 is 18.3 Å². The van der Waals surface area contributed by atoms with Gasteiger partial charge in [0.15, 0.2) is 11.5 Å². The van der Waals surface area contributed by atoms with Crippen molar-refractivity contribution in [2.45, 2.75) is 19.7 Å². The van der Waals surface area contributed by atoms with Crippen LogP contribution < -0.4 is 14.8 Å². The maximum atomic E-state index is 13.9. The van der Waals surface area contributed by atoms with Crippen molar-refractivity contribution in [1.82, 2.24) is 5.32 Å². The van der Waals surface area contributed by atoms with Crippen molar-refractivity contribution in [3.8, 4) is 11.5 Å². The molecule has 0 aliphatic carbocycles. The second-order valence-electron chi connectivity index (χ2n) is 6.31. The van der Waals surface area contributed by atoms with Crippen molar-refractivity contribution in [1.29, 1.82) is 0 Å². The number of rotatable bonds is 8. The zero-order chi connectivity index (χ0) is 20.8. The van der Waals surface area contributed by atoms with E-state index in [0.717, 1.165) is 11.1 Å². The van der Waals surface area contributed by atoms with Crippen LogP contribution in [0.3, 0.4) is 0 Å². The summed E-state index contributed by atoms with van der Waals surface area (Å²) in [5.74, 6) is 0.150. The number of methoxy groups -OCH3 is 1.